The Balaban J connectivity index is 2.37. The van der Waals surface area contributed by atoms with Gasteiger partial charge in [-0.2, -0.15) is 0 Å². The van der Waals surface area contributed by atoms with Crippen LogP contribution in [0.4, 0.5) is 0 Å². The first-order chi connectivity index (χ1) is 12.1. The number of aryl methyl sites for hydroxylation is 1. The highest BCUT2D eigenvalue weighted by Crippen LogP contribution is 2.32. The summed E-state index contributed by atoms with van der Waals surface area (Å²) in [6, 6.07) is 3.50. The van der Waals surface area contributed by atoms with Gasteiger partial charge in [0.1, 0.15) is 23.2 Å². The number of hydrogen-bond donors (Lipinski definition) is 1. The minimum absolute atomic E-state index is 0.121. The fraction of sp³-hybridized carbons (Fsp3) is 0.632. The number of hydrogen-bond acceptors (Lipinski definition) is 6. The monoisotopic (exact) mass is 352 g/mol. The Labute approximate surface area is 149 Å². The largest absolute Gasteiger partial charge is 0.496 e. The number of cyclic esters (lactones) is 1. The Kier molecular flexibility index (Phi) is 7.52. The molecule has 1 aromatic carbocycles. The van der Waals surface area contributed by atoms with Crippen molar-refractivity contribution in [2.24, 2.45) is 0 Å². The van der Waals surface area contributed by atoms with Crippen molar-refractivity contribution >= 4 is 5.97 Å². The van der Waals surface area contributed by atoms with E-state index in [0.717, 1.165) is 37.7 Å². The lowest BCUT2D eigenvalue weighted by Crippen LogP contribution is -2.29. The van der Waals surface area contributed by atoms with Crippen LogP contribution in [-0.4, -0.2) is 44.3 Å². The van der Waals surface area contributed by atoms with Gasteiger partial charge in [0.2, 0.25) is 0 Å². The summed E-state index contributed by atoms with van der Waals surface area (Å²) in [5.74, 6) is 0.523. The molecule has 1 heterocycles. The van der Waals surface area contributed by atoms with Crippen molar-refractivity contribution in [3.63, 3.8) is 0 Å². The molecule has 2 rings (SSSR count). The SMILES string of the molecule is COCOc1cc2c(c(OC)c1)C(=O)O[C@H](C)[C@@H](O)CCCCCC2. The molecule has 1 N–H and O–H groups in total. The van der Waals surface area contributed by atoms with Gasteiger partial charge in [0, 0.05) is 13.2 Å². The van der Waals surface area contributed by atoms with Crippen molar-refractivity contribution in [1.29, 1.82) is 0 Å². The first-order valence-corrected chi connectivity index (χ1v) is 8.78. The van der Waals surface area contributed by atoms with E-state index in [1.807, 2.05) is 6.07 Å². The summed E-state index contributed by atoms with van der Waals surface area (Å²) in [5, 5.41) is 10.2. The van der Waals surface area contributed by atoms with Gasteiger partial charge in [0.15, 0.2) is 6.79 Å². The first kappa shape index (κ1) is 19.5. The Hall–Kier alpha value is -1.79. The van der Waals surface area contributed by atoms with Gasteiger partial charge >= 0.3 is 5.97 Å². The second-order valence-electron chi connectivity index (χ2n) is 6.34. The zero-order valence-electron chi connectivity index (χ0n) is 15.2. The van der Waals surface area contributed by atoms with Gasteiger partial charge in [0.05, 0.1) is 13.2 Å². The lowest BCUT2D eigenvalue weighted by atomic mass is 9.97. The van der Waals surface area contributed by atoms with Crippen LogP contribution >= 0.6 is 0 Å². The van der Waals surface area contributed by atoms with E-state index < -0.39 is 18.2 Å². The van der Waals surface area contributed by atoms with Gasteiger partial charge in [-0.1, -0.05) is 19.3 Å². The van der Waals surface area contributed by atoms with Crippen LogP contribution in [0.3, 0.4) is 0 Å². The normalized spacial score (nSPS) is 22.2. The molecule has 140 valence electrons. The molecule has 6 nitrogen and oxygen atoms in total. The number of carbonyl (C=O) groups excluding carboxylic acids is 1. The van der Waals surface area contributed by atoms with E-state index in [2.05, 4.69) is 0 Å². The van der Waals surface area contributed by atoms with E-state index in [4.69, 9.17) is 18.9 Å². The lowest BCUT2D eigenvalue weighted by Gasteiger charge is -2.22. The molecule has 0 unspecified atom stereocenters. The number of carbonyl (C=O) groups is 1. The summed E-state index contributed by atoms with van der Waals surface area (Å²) in [7, 11) is 3.06. The molecular weight excluding hydrogens is 324 g/mol. The topological polar surface area (TPSA) is 74.2 Å². The van der Waals surface area contributed by atoms with Gasteiger partial charge in [-0.25, -0.2) is 4.79 Å². The molecule has 2 atom stereocenters. The van der Waals surface area contributed by atoms with Crippen LogP contribution < -0.4 is 9.47 Å². The van der Waals surface area contributed by atoms with Crippen LogP contribution in [0.1, 0.15) is 54.9 Å². The Bertz CT molecular complexity index is 571. The molecular formula is C19H28O6. The molecule has 0 aliphatic carbocycles. The van der Waals surface area contributed by atoms with Gasteiger partial charge in [-0.15, -0.1) is 0 Å². The number of esters is 1. The van der Waals surface area contributed by atoms with Crippen LogP contribution in [0.15, 0.2) is 12.1 Å². The fourth-order valence-corrected chi connectivity index (χ4v) is 3.01. The maximum atomic E-state index is 12.7. The maximum absolute atomic E-state index is 12.7. The predicted molar refractivity (Wildman–Crippen MR) is 93.2 cm³/mol. The molecule has 1 aromatic rings. The highest BCUT2D eigenvalue weighted by molar-refractivity contribution is 5.94. The summed E-state index contributed by atoms with van der Waals surface area (Å²) in [4.78, 5) is 12.7. The van der Waals surface area contributed by atoms with Crippen molar-refractivity contribution in [3.05, 3.63) is 23.3 Å². The first-order valence-electron chi connectivity index (χ1n) is 8.78. The minimum atomic E-state index is -0.651. The van der Waals surface area contributed by atoms with Crippen molar-refractivity contribution in [2.45, 2.75) is 57.7 Å². The molecule has 0 bridgehead atoms. The number of benzene rings is 1. The molecule has 1 aliphatic heterocycles. The van der Waals surface area contributed by atoms with E-state index in [9.17, 15) is 9.90 Å². The molecule has 0 amide bonds. The molecule has 6 heteroatoms. The van der Waals surface area contributed by atoms with E-state index in [1.165, 1.54) is 7.11 Å². The zero-order valence-corrected chi connectivity index (χ0v) is 15.2. The number of fused-ring (bicyclic) bond motifs is 1. The van der Waals surface area contributed by atoms with E-state index in [0.29, 0.717) is 23.5 Å². The van der Waals surface area contributed by atoms with Crippen molar-refractivity contribution < 1.29 is 28.8 Å². The average Bonchev–Trinajstić information content (AvgIpc) is 2.60. The third-order valence-electron chi connectivity index (χ3n) is 4.46. The Morgan fingerprint density at radius 3 is 2.68 bits per heavy atom. The van der Waals surface area contributed by atoms with E-state index in [-0.39, 0.29) is 6.79 Å². The molecule has 0 aromatic heterocycles. The van der Waals surface area contributed by atoms with Crippen molar-refractivity contribution in [1.82, 2.24) is 0 Å². The lowest BCUT2D eigenvalue weighted by molar-refractivity contribution is -0.0144. The molecule has 0 saturated heterocycles. The smallest absolute Gasteiger partial charge is 0.342 e. The summed E-state index contributed by atoms with van der Waals surface area (Å²) in [6.07, 6.45) is 4.13. The average molecular weight is 352 g/mol. The Morgan fingerprint density at radius 1 is 1.20 bits per heavy atom. The summed E-state index contributed by atoms with van der Waals surface area (Å²) in [5.41, 5.74) is 1.24. The standard InChI is InChI=1S/C19H28O6/c1-13-16(20)9-7-5-4-6-8-14-10-15(24-12-22-2)11-17(23-3)18(14)19(21)25-13/h10-11,13,16,20H,4-9,12H2,1-3H3/t13-,16+/m1/s1. The van der Waals surface area contributed by atoms with Crippen molar-refractivity contribution in [2.75, 3.05) is 21.0 Å². The number of methoxy groups -OCH3 is 2. The summed E-state index contributed by atoms with van der Waals surface area (Å²) in [6.45, 7) is 1.84. The summed E-state index contributed by atoms with van der Waals surface area (Å²) >= 11 is 0. The maximum Gasteiger partial charge on any atom is 0.342 e. The molecule has 0 radical (unpaired) electrons. The van der Waals surface area contributed by atoms with E-state index >= 15 is 0 Å². The zero-order chi connectivity index (χ0) is 18.2. The number of rotatable bonds is 4. The van der Waals surface area contributed by atoms with Crippen molar-refractivity contribution in [3.8, 4) is 11.5 Å². The van der Waals surface area contributed by atoms with Gasteiger partial charge in [0.25, 0.3) is 0 Å². The van der Waals surface area contributed by atoms with E-state index in [1.54, 1.807) is 20.1 Å². The van der Waals surface area contributed by atoms with Crippen LogP contribution in [0.2, 0.25) is 0 Å². The highest BCUT2D eigenvalue weighted by Gasteiger charge is 2.25. The molecule has 25 heavy (non-hydrogen) atoms. The van der Waals surface area contributed by atoms with Gasteiger partial charge in [-0.3, -0.25) is 0 Å². The van der Waals surface area contributed by atoms with Crippen LogP contribution in [0, 0.1) is 0 Å². The minimum Gasteiger partial charge on any atom is -0.496 e. The second kappa shape index (κ2) is 9.63. The second-order valence-corrected chi connectivity index (χ2v) is 6.34. The van der Waals surface area contributed by atoms with Gasteiger partial charge in [-0.05, 0) is 37.8 Å². The van der Waals surface area contributed by atoms with Crippen LogP contribution in [0.25, 0.3) is 0 Å². The Morgan fingerprint density at radius 2 is 1.96 bits per heavy atom. The third kappa shape index (κ3) is 5.34. The number of aliphatic hydroxyl groups is 1. The number of ether oxygens (including phenoxy) is 4. The van der Waals surface area contributed by atoms with Gasteiger partial charge < -0.3 is 24.1 Å². The van der Waals surface area contributed by atoms with Crippen LogP contribution in [0.5, 0.6) is 11.5 Å². The number of aliphatic hydroxyl groups excluding tert-OH is 1. The molecule has 1 aliphatic rings. The third-order valence-corrected chi connectivity index (χ3v) is 4.46. The molecule has 0 fully saturated rings. The molecule has 0 saturated carbocycles. The predicted octanol–water partition coefficient (Wildman–Crippen LogP) is 3.09. The molecule has 0 spiro atoms. The van der Waals surface area contributed by atoms with Crippen LogP contribution in [-0.2, 0) is 15.9 Å². The summed E-state index contributed by atoms with van der Waals surface area (Å²) < 4.78 is 21.4. The quantitative estimate of drug-likeness (QED) is 0.663. The highest BCUT2D eigenvalue weighted by atomic mass is 16.7. The fourth-order valence-electron chi connectivity index (χ4n) is 3.01.